The van der Waals surface area contributed by atoms with Gasteiger partial charge in [0.25, 0.3) is 0 Å². The lowest BCUT2D eigenvalue weighted by atomic mass is 9.85. The van der Waals surface area contributed by atoms with Gasteiger partial charge in [0, 0.05) is 12.6 Å². The molecule has 0 bridgehead atoms. The average Bonchev–Trinajstić information content (AvgIpc) is 2.54. The van der Waals surface area contributed by atoms with Crippen LogP contribution in [0.1, 0.15) is 50.5 Å². The topological polar surface area (TPSA) is 43.8 Å². The number of aryl methyl sites for hydroxylation is 1. The molecule has 1 heterocycles. The average molecular weight is 207 g/mol. The lowest BCUT2D eigenvalue weighted by Gasteiger charge is -2.26. The second-order valence-corrected chi connectivity index (χ2v) is 4.68. The molecule has 1 atom stereocenters. The Hall–Kier alpha value is -0.830. The van der Waals surface area contributed by atoms with E-state index in [-0.39, 0.29) is 6.04 Å². The lowest BCUT2D eigenvalue weighted by molar-refractivity contribution is 0.261. The van der Waals surface area contributed by atoms with Crippen LogP contribution in [0, 0.1) is 5.92 Å². The monoisotopic (exact) mass is 207 g/mol. The van der Waals surface area contributed by atoms with E-state index in [0.29, 0.717) is 0 Å². The molecule has 3 heteroatoms. The molecular formula is C12H21N3. The normalized spacial score (nSPS) is 18.9. The molecule has 84 valence electrons. The third kappa shape index (κ3) is 2.23. The van der Waals surface area contributed by atoms with E-state index < -0.39 is 0 Å². The second kappa shape index (κ2) is 4.35. The Morgan fingerprint density at radius 2 is 2.33 bits per heavy atom. The molecule has 1 aromatic heterocycles. The molecule has 0 unspecified atom stereocenters. The van der Waals surface area contributed by atoms with Crippen molar-refractivity contribution in [2.45, 2.75) is 52.1 Å². The van der Waals surface area contributed by atoms with E-state index in [0.717, 1.165) is 18.9 Å². The summed E-state index contributed by atoms with van der Waals surface area (Å²) in [7, 11) is 0. The third-order valence-electron chi connectivity index (χ3n) is 3.35. The van der Waals surface area contributed by atoms with Gasteiger partial charge in [0.1, 0.15) is 0 Å². The van der Waals surface area contributed by atoms with E-state index in [2.05, 4.69) is 22.8 Å². The van der Waals surface area contributed by atoms with E-state index in [9.17, 15) is 0 Å². The molecule has 0 spiro atoms. The Bertz CT molecular complexity index is 324. The molecule has 1 aromatic rings. The Morgan fingerprint density at radius 1 is 1.60 bits per heavy atom. The third-order valence-corrected chi connectivity index (χ3v) is 3.35. The summed E-state index contributed by atoms with van der Waals surface area (Å²) in [6.07, 6.45) is 5.11. The van der Waals surface area contributed by atoms with Gasteiger partial charge in [-0.15, -0.1) is 0 Å². The van der Waals surface area contributed by atoms with Crippen LogP contribution in [-0.4, -0.2) is 9.78 Å². The number of aromatic nitrogens is 2. The molecule has 1 aliphatic carbocycles. The minimum absolute atomic E-state index is 0.0953. The highest BCUT2D eigenvalue weighted by Crippen LogP contribution is 2.28. The highest BCUT2D eigenvalue weighted by atomic mass is 15.3. The standard InChI is InChI=1S/C12H21N3/c1-3-11-7-12(9(2)13)15(14-11)8-10-5-4-6-10/h7,9-10H,3-6,8,13H2,1-2H3/t9-/m1/s1. The van der Waals surface area contributed by atoms with Crippen LogP contribution < -0.4 is 5.73 Å². The van der Waals surface area contributed by atoms with Gasteiger partial charge in [0.2, 0.25) is 0 Å². The molecule has 1 aliphatic rings. The van der Waals surface area contributed by atoms with Crippen molar-refractivity contribution in [1.29, 1.82) is 0 Å². The summed E-state index contributed by atoms with van der Waals surface area (Å²) in [6, 6.07) is 2.25. The summed E-state index contributed by atoms with van der Waals surface area (Å²) in [4.78, 5) is 0. The van der Waals surface area contributed by atoms with Gasteiger partial charge in [-0.1, -0.05) is 13.3 Å². The van der Waals surface area contributed by atoms with Gasteiger partial charge in [-0.05, 0) is 38.2 Å². The summed E-state index contributed by atoms with van der Waals surface area (Å²) in [6.45, 7) is 5.24. The Balaban J connectivity index is 2.14. The quantitative estimate of drug-likeness (QED) is 0.823. The number of hydrogen-bond acceptors (Lipinski definition) is 2. The first-order valence-electron chi connectivity index (χ1n) is 6.03. The fourth-order valence-electron chi connectivity index (χ4n) is 2.09. The van der Waals surface area contributed by atoms with E-state index in [1.807, 2.05) is 6.92 Å². The van der Waals surface area contributed by atoms with Gasteiger partial charge in [0.05, 0.1) is 11.4 Å². The molecule has 0 aliphatic heterocycles. The number of hydrogen-bond donors (Lipinski definition) is 1. The Labute approximate surface area is 91.7 Å². The maximum absolute atomic E-state index is 5.96. The summed E-state index contributed by atoms with van der Waals surface area (Å²) in [5, 5.41) is 4.61. The first-order valence-corrected chi connectivity index (χ1v) is 6.03. The van der Waals surface area contributed by atoms with Crippen LogP contribution in [-0.2, 0) is 13.0 Å². The SMILES string of the molecule is CCc1cc([C@@H](C)N)n(CC2CCC2)n1. The van der Waals surface area contributed by atoms with Crippen molar-refractivity contribution >= 4 is 0 Å². The zero-order valence-electron chi connectivity index (χ0n) is 9.74. The van der Waals surface area contributed by atoms with E-state index in [1.165, 1.54) is 30.7 Å². The predicted molar refractivity (Wildman–Crippen MR) is 61.5 cm³/mol. The highest BCUT2D eigenvalue weighted by molar-refractivity contribution is 5.13. The molecular weight excluding hydrogens is 186 g/mol. The van der Waals surface area contributed by atoms with Gasteiger partial charge in [0.15, 0.2) is 0 Å². The first-order chi connectivity index (χ1) is 7.20. The van der Waals surface area contributed by atoms with Crippen molar-refractivity contribution in [3.63, 3.8) is 0 Å². The van der Waals surface area contributed by atoms with Crippen LogP contribution in [0.15, 0.2) is 6.07 Å². The van der Waals surface area contributed by atoms with Crippen molar-refractivity contribution in [2.75, 3.05) is 0 Å². The molecule has 0 saturated heterocycles. The van der Waals surface area contributed by atoms with Crippen LogP contribution in [0.3, 0.4) is 0 Å². The van der Waals surface area contributed by atoms with Crippen molar-refractivity contribution < 1.29 is 0 Å². The van der Waals surface area contributed by atoms with Crippen LogP contribution >= 0.6 is 0 Å². The predicted octanol–water partition coefficient (Wildman–Crippen LogP) is 2.27. The van der Waals surface area contributed by atoms with Crippen molar-refractivity contribution in [3.05, 3.63) is 17.5 Å². The Morgan fingerprint density at radius 3 is 2.80 bits per heavy atom. The van der Waals surface area contributed by atoms with Crippen LogP contribution in [0.4, 0.5) is 0 Å². The van der Waals surface area contributed by atoms with Crippen LogP contribution in [0.25, 0.3) is 0 Å². The Kier molecular flexibility index (Phi) is 3.10. The maximum atomic E-state index is 5.96. The van der Waals surface area contributed by atoms with Gasteiger partial charge >= 0.3 is 0 Å². The zero-order chi connectivity index (χ0) is 10.8. The summed E-state index contributed by atoms with van der Waals surface area (Å²) >= 11 is 0. The summed E-state index contributed by atoms with van der Waals surface area (Å²) < 4.78 is 2.13. The second-order valence-electron chi connectivity index (χ2n) is 4.68. The molecule has 0 aromatic carbocycles. The summed E-state index contributed by atoms with van der Waals surface area (Å²) in [5.41, 5.74) is 8.32. The number of nitrogens with two attached hydrogens (primary N) is 1. The molecule has 0 amide bonds. The molecule has 2 N–H and O–H groups in total. The van der Waals surface area contributed by atoms with E-state index in [1.54, 1.807) is 0 Å². The van der Waals surface area contributed by atoms with Gasteiger partial charge in [-0.25, -0.2) is 0 Å². The van der Waals surface area contributed by atoms with Crippen LogP contribution in [0.5, 0.6) is 0 Å². The van der Waals surface area contributed by atoms with Crippen LogP contribution in [0.2, 0.25) is 0 Å². The molecule has 15 heavy (non-hydrogen) atoms. The minimum atomic E-state index is 0.0953. The zero-order valence-corrected chi connectivity index (χ0v) is 9.74. The van der Waals surface area contributed by atoms with Crippen molar-refractivity contribution in [2.24, 2.45) is 11.7 Å². The maximum Gasteiger partial charge on any atom is 0.0625 e. The van der Waals surface area contributed by atoms with E-state index in [4.69, 9.17) is 5.73 Å². The summed E-state index contributed by atoms with van der Waals surface area (Å²) in [5.74, 6) is 0.840. The molecule has 2 rings (SSSR count). The number of rotatable bonds is 4. The van der Waals surface area contributed by atoms with Crippen molar-refractivity contribution in [1.82, 2.24) is 9.78 Å². The fourth-order valence-corrected chi connectivity index (χ4v) is 2.09. The van der Waals surface area contributed by atoms with Gasteiger partial charge in [-0.2, -0.15) is 5.10 Å². The largest absolute Gasteiger partial charge is 0.323 e. The van der Waals surface area contributed by atoms with Gasteiger partial charge in [-0.3, -0.25) is 4.68 Å². The minimum Gasteiger partial charge on any atom is -0.323 e. The molecule has 0 radical (unpaired) electrons. The first kappa shape index (κ1) is 10.7. The smallest absolute Gasteiger partial charge is 0.0625 e. The van der Waals surface area contributed by atoms with Gasteiger partial charge < -0.3 is 5.73 Å². The molecule has 1 saturated carbocycles. The fraction of sp³-hybridized carbons (Fsp3) is 0.750. The number of nitrogens with zero attached hydrogens (tertiary/aromatic N) is 2. The van der Waals surface area contributed by atoms with Crippen molar-refractivity contribution in [3.8, 4) is 0 Å². The lowest BCUT2D eigenvalue weighted by Crippen LogP contribution is -2.22. The molecule has 3 nitrogen and oxygen atoms in total. The van der Waals surface area contributed by atoms with E-state index >= 15 is 0 Å². The highest BCUT2D eigenvalue weighted by Gasteiger charge is 2.20. The molecule has 1 fully saturated rings.